The van der Waals surface area contributed by atoms with Gasteiger partial charge in [-0.2, -0.15) is 0 Å². The molecule has 1 atom stereocenters. The summed E-state index contributed by atoms with van der Waals surface area (Å²) in [5.41, 5.74) is 5.46. The van der Waals surface area contributed by atoms with Gasteiger partial charge >= 0.3 is 0 Å². The molecule has 0 aromatic heterocycles. The zero-order valence-electron chi connectivity index (χ0n) is 11.0. The molecule has 17 heavy (non-hydrogen) atoms. The zero-order valence-corrected chi connectivity index (χ0v) is 11.0. The molecule has 6 heteroatoms. The van der Waals surface area contributed by atoms with Crippen LogP contribution in [0.2, 0.25) is 0 Å². The monoisotopic (exact) mass is 244 g/mol. The van der Waals surface area contributed by atoms with Crippen molar-refractivity contribution in [3.63, 3.8) is 0 Å². The number of oxime groups is 1. The number of nitrogens with zero attached hydrogens (tertiary/aromatic N) is 3. The maximum absolute atomic E-state index is 8.50. The minimum Gasteiger partial charge on any atom is -0.409 e. The summed E-state index contributed by atoms with van der Waals surface area (Å²) in [6, 6.07) is 0.552. The van der Waals surface area contributed by atoms with Crippen LogP contribution in [0.15, 0.2) is 5.16 Å². The van der Waals surface area contributed by atoms with Crippen molar-refractivity contribution in [3.05, 3.63) is 0 Å². The summed E-state index contributed by atoms with van der Waals surface area (Å²) in [5, 5.41) is 11.5. The van der Waals surface area contributed by atoms with Crippen LogP contribution >= 0.6 is 0 Å². The van der Waals surface area contributed by atoms with Crippen LogP contribution in [-0.4, -0.2) is 72.8 Å². The smallest absolute Gasteiger partial charge is 0.153 e. The Kier molecular flexibility index (Phi) is 5.67. The van der Waals surface area contributed by atoms with Crippen LogP contribution in [-0.2, 0) is 4.74 Å². The van der Waals surface area contributed by atoms with Gasteiger partial charge in [-0.05, 0) is 20.9 Å². The number of hydrogen-bond acceptors (Lipinski definition) is 5. The molecule has 1 unspecified atom stereocenters. The highest BCUT2D eigenvalue weighted by atomic mass is 16.5. The van der Waals surface area contributed by atoms with E-state index in [0.29, 0.717) is 12.6 Å². The van der Waals surface area contributed by atoms with Gasteiger partial charge in [0.1, 0.15) is 0 Å². The molecular formula is C11H24N4O2. The van der Waals surface area contributed by atoms with Crippen LogP contribution in [0.3, 0.4) is 0 Å². The lowest BCUT2D eigenvalue weighted by Gasteiger charge is -2.36. The summed E-state index contributed by atoms with van der Waals surface area (Å²) in [6.45, 7) is 8.36. The van der Waals surface area contributed by atoms with Crippen LogP contribution < -0.4 is 5.73 Å². The van der Waals surface area contributed by atoms with Crippen LogP contribution in [0.1, 0.15) is 13.8 Å². The van der Waals surface area contributed by atoms with Gasteiger partial charge < -0.3 is 15.7 Å². The van der Waals surface area contributed by atoms with Crippen LogP contribution in [0.25, 0.3) is 0 Å². The van der Waals surface area contributed by atoms with E-state index < -0.39 is 0 Å². The van der Waals surface area contributed by atoms with Crippen molar-refractivity contribution in [2.45, 2.75) is 26.0 Å². The average molecular weight is 244 g/mol. The second-order valence-electron chi connectivity index (χ2n) is 4.87. The molecule has 1 fully saturated rings. The average Bonchev–Trinajstić information content (AvgIpc) is 2.28. The lowest BCUT2D eigenvalue weighted by molar-refractivity contribution is -0.0482. The normalized spacial score (nSPS) is 23.6. The van der Waals surface area contributed by atoms with E-state index in [1.807, 2.05) is 11.9 Å². The maximum Gasteiger partial charge on any atom is 0.153 e. The molecule has 1 rings (SSSR count). The van der Waals surface area contributed by atoms with Crippen molar-refractivity contribution in [2.75, 3.05) is 39.8 Å². The van der Waals surface area contributed by atoms with Crippen LogP contribution in [0, 0.1) is 0 Å². The molecule has 0 aromatic rings. The standard InChI is InChI=1S/C11H24N4O2/c1-9(2)15-4-5-17-10(7-15)6-14(3)8-11(12)13-16/h9-10,16H,4-8H2,1-3H3,(H2,12,13). The van der Waals surface area contributed by atoms with Gasteiger partial charge in [0, 0.05) is 25.7 Å². The molecule has 0 aliphatic carbocycles. The fourth-order valence-corrected chi connectivity index (χ4v) is 2.04. The number of ether oxygens (including phenoxy) is 1. The first-order valence-corrected chi connectivity index (χ1v) is 6.03. The Balaban J connectivity index is 2.35. The molecule has 100 valence electrons. The van der Waals surface area contributed by atoms with Gasteiger partial charge in [-0.3, -0.25) is 9.80 Å². The van der Waals surface area contributed by atoms with E-state index in [1.54, 1.807) is 0 Å². The Morgan fingerprint density at radius 3 is 2.94 bits per heavy atom. The number of hydrogen-bond donors (Lipinski definition) is 2. The van der Waals surface area contributed by atoms with E-state index in [0.717, 1.165) is 26.2 Å². The minimum atomic E-state index is 0.197. The third-order valence-electron chi connectivity index (χ3n) is 2.98. The van der Waals surface area contributed by atoms with Crippen molar-refractivity contribution in [1.29, 1.82) is 0 Å². The molecule has 0 bridgehead atoms. The molecular weight excluding hydrogens is 220 g/mol. The van der Waals surface area contributed by atoms with Crippen molar-refractivity contribution < 1.29 is 9.94 Å². The van der Waals surface area contributed by atoms with Crippen molar-refractivity contribution in [3.8, 4) is 0 Å². The van der Waals surface area contributed by atoms with E-state index in [1.165, 1.54) is 0 Å². The summed E-state index contributed by atoms with van der Waals surface area (Å²) in [6.07, 6.45) is 0.197. The van der Waals surface area contributed by atoms with Gasteiger partial charge in [0.05, 0.1) is 19.3 Å². The van der Waals surface area contributed by atoms with E-state index in [4.69, 9.17) is 15.7 Å². The Bertz CT molecular complexity index is 258. The second kappa shape index (κ2) is 6.78. The summed E-state index contributed by atoms with van der Waals surface area (Å²) < 4.78 is 5.72. The largest absolute Gasteiger partial charge is 0.409 e. The lowest BCUT2D eigenvalue weighted by atomic mass is 10.2. The number of amidine groups is 1. The lowest BCUT2D eigenvalue weighted by Crippen LogP contribution is -2.50. The maximum atomic E-state index is 8.50. The molecule has 1 aliphatic heterocycles. The van der Waals surface area contributed by atoms with Crippen molar-refractivity contribution >= 4 is 5.84 Å². The summed E-state index contributed by atoms with van der Waals surface area (Å²) >= 11 is 0. The van der Waals surface area contributed by atoms with Crippen LogP contribution in [0.4, 0.5) is 0 Å². The SMILES string of the molecule is CC(C)N1CCOC(CN(C)CC(N)=NO)C1. The molecule has 0 aromatic carbocycles. The molecule has 1 heterocycles. The van der Waals surface area contributed by atoms with Gasteiger partial charge in [0.25, 0.3) is 0 Å². The number of rotatable bonds is 5. The molecule has 3 N–H and O–H groups in total. The summed E-state index contributed by atoms with van der Waals surface area (Å²) in [7, 11) is 1.94. The highest BCUT2D eigenvalue weighted by Crippen LogP contribution is 2.09. The first kappa shape index (κ1) is 14.2. The first-order chi connectivity index (χ1) is 8.02. The fraction of sp³-hybridized carbons (Fsp3) is 0.909. The van der Waals surface area contributed by atoms with Gasteiger partial charge in [-0.25, -0.2) is 0 Å². The van der Waals surface area contributed by atoms with Crippen LogP contribution in [0.5, 0.6) is 0 Å². The summed E-state index contributed by atoms with van der Waals surface area (Å²) in [4.78, 5) is 4.41. The molecule has 1 saturated heterocycles. The minimum absolute atomic E-state index is 0.197. The van der Waals surface area contributed by atoms with Crippen molar-refractivity contribution in [2.24, 2.45) is 10.9 Å². The number of morpholine rings is 1. The summed E-state index contributed by atoms with van der Waals surface area (Å²) in [5.74, 6) is 0.226. The predicted molar refractivity (Wildman–Crippen MR) is 67.4 cm³/mol. The Morgan fingerprint density at radius 2 is 2.35 bits per heavy atom. The van der Waals surface area contributed by atoms with E-state index in [9.17, 15) is 0 Å². The highest BCUT2D eigenvalue weighted by molar-refractivity contribution is 5.81. The molecule has 0 spiro atoms. The highest BCUT2D eigenvalue weighted by Gasteiger charge is 2.23. The molecule has 0 saturated carbocycles. The van der Waals surface area contributed by atoms with Gasteiger partial charge in [0.15, 0.2) is 5.84 Å². The van der Waals surface area contributed by atoms with E-state index >= 15 is 0 Å². The Morgan fingerprint density at radius 1 is 1.65 bits per heavy atom. The molecule has 1 aliphatic rings. The molecule has 6 nitrogen and oxygen atoms in total. The zero-order chi connectivity index (χ0) is 12.8. The third-order valence-corrected chi connectivity index (χ3v) is 2.98. The van der Waals surface area contributed by atoms with Gasteiger partial charge in [0.2, 0.25) is 0 Å². The Hall–Kier alpha value is -0.850. The number of likely N-dealkylation sites (N-methyl/N-ethyl adjacent to an activating group) is 1. The number of nitrogens with two attached hydrogens (primary N) is 1. The topological polar surface area (TPSA) is 74.3 Å². The van der Waals surface area contributed by atoms with E-state index in [-0.39, 0.29) is 11.9 Å². The predicted octanol–water partition coefficient (Wildman–Crippen LogP) is -0.226. The second-order valence-corrected chi connectivity index (χ2v) is 4.87. The molecule has 0 radical (unpaired) electrons. The van der Waals surface area contributed by atoms with E-state index in [2.05, 4.69) is 23.9 Å². The first-order valence-electron chi connectivity index (χ1n) is 6.03. The van der Waals surface area contributed by atoms with Gasteiger partial charge in [-0.1, -0.05) is 5.16 Å². The third kappa shape index (κ3) is 4.89. The van der Waals surface area contributed by atoms with Gasteiger partial charge in [-0.15, -0.1) is 0 Å². The molecule has 0 amide bonds. The Labute approximate surface area is 103 Å². The fourth-order valence-electron chi connectivity index (χ4n) is 2.04. The quantitative estimate of drug-likeness (QED) is 0.302. The van der Waals surface area contributed by atoms with Crippen molar-refractivity contribution in [1.82, 2.24) is 9.80 Å².